The summed E-state index contributed by atoms with van der Waals surface area (Å²) in [6.07, 6.45) is 7.01. The van der Waals surface area contributed by atoms with Gasteiger partial charge in [-0.3, -0.25) is 4.98 Å². The van der Waals surface area contributed by atoms with Crippen LogP contribution in [-0.2, 0) is 6.54 Å². The number of rotatable bonds is 3. The van der Waals surface area contributed by atoms with Crippen LogP contribution in [0, 0.1) is 0 Å². The number of halogens is 1. The Hall–Kier alpha value is -1.85. The zero-order valence-corrected chi connectivity index (χ0v) is 11.5. The second-order valence-electron chi connectivity index (χ2n) is 4.08. The van der Waals surface area contributed by atoms with Crippen molar-refractivity contribution < 1.29 is 0 Å². The Morgan fingerprint density at radius 2 is 2.11 bits per heavy atom. The predicted molar refractivity (Wildman–Crippen MR) is 78.3 cm³/mol. The molecule has 0 unspecified atom stereocenters. The molecule has 0 radical (unpaired) electrons. The van der Waals surface area contributed by atoms with Gasteiger partial charge in [0.15, 0.2) is 0 Å². The smallest absolute Gasteiger partial charge is 0.0954 e. The average Bonchev–Trinajstić information content (AvgIpc) is 3.00. The summed E-state index contributed by atoms with van der Waals surface area (Å²) in [5.41, 5.74) is 8.52. The van der Waals surface area contributed by atoms with E-state index in [1.165, 1.54) is 4.88 Å². The maximum Gasteiger partial charge on any atom is 0.0954 e. The summed E-state index contributed by atoms with van der Waals surface area (Å²) >= 11 is 7.51. The molecule has 0 aliphatic carbocycles. The van der Waals surface area contributed by atoms with Crippen LogP contribution >= 0.6 is 22.9 Å². The fraction of sp³-hybridized carbons (Fsp3) is 0.0769. The molecule has 0 aliphatic heterocycles. The number of hydrogen-bond acceptors (Lipinski definition) is 4. The summed E-state index contributed by atoms with van der Waals surface area (Å²) in [5, 5.41) is 0. The van der Waals surface area contributed by atoms with Crippen LogP contribution in [0.5, 0.6) is 0 Å². The van der Waals surface area contributed by atoms with Crippen molar-refractivity contribution in [1.82, 2.24) is 14.5 Å². The molecule has 0 amide bonds. The van der Waals surface area contributed by atoms with Crippen molar-refractivity contribution >= 4 is 28.6 Å². The van der Waals surface area contributed by atoms with Crippen molar-refractivity contribution in [2.24, 2.45) is 0 Å². The molecular formula is C13H11ClN4S. The van der Waals surface area contributed by atoms with Crippen LogP contribution < -0.4 is 5.73 Å². The summed E-state index contributed by atoms with van der Waals surface area (Å²) in [7, 11) is 0. The molecule has 3 aromatic heterocycles. The quantitative estimate of drug-likeness (QED) is 0.805. The number of thiophene rings is 1. The number of imidazole rings is 1. The number of nitrogens with two attached hydrogens (primary N) is 1. The molecular weight excluding hydrogens is 280 g/mol. The maximum absolute atomic E-state index is 5.98. The van der Waals surface area contributed by atoms with Crippen LogP contribution in [-0.4, -0.2) is 14.5 Å². The normalized spacial score (nSPS) is 10.8. The first-order chi connectivity index (χ1) is 9.24. The highest BCUT2D eigenvalue weighted by molar-refractivity contribution is 7.16. The number of nitrogen functional groups attached to an aromatic ring is 1. The lowest BCUT2D eigenvalue weighted by Crippen LogP contribution is -2.00. The lowest BCUT2D eigenvalue weighted by molar-refractivity contribution is 0.817. The lowest BCUT2D eigenvalue weighted by atomic mass is 10.2. The van der Waals surface area contributed by atoms with Gasteiger partial charge in [0.1, 0.15) is 0 Å². The number of anilines is 1. The number of nitrogens with zero attached hydrogens (tertiary/aromatic N) is 3. The zero-order valence-electron chi connectivity index (χ0n) is 9.95. The summed E-state index contributed by atoms with van der Waals surface area (Å²) < 4.78 is 2.83. The first-order valence-corrected chi connectivity index (χ1v) is 6.87. The van der Waals surface area contributed by atoms with Crippen LogP contribution in [0.15, 0.2) is 43.1 Å². The first kappa shape index (κ1) is 12.2. The molecule has 0 saturated carbocycles. The van der Waals surface area contributed by atoms with Crippen molar-refractivity contribution in [3.63, 3.8) is 0 Å². The van der Waals surface area contributed by atoms with Gasteiger partial charge in [0.25, 0.3) is 0 Å². The molecule has 0 fully saturated rings. The Bertz CT molecular complexity index is 704. The van der Waals surface area contributed by atoms with Gasteiger partial charge in [-0.25, -0.2) is 4.98 Å². The molecule has 4 nitrogen and oxygen atoms in total. The van der Waals surface area contributed by atoms with E-state index in [9.17, 15) is 0 Å². The van der Waals surface area contributed by atoms with E-state index in [4.69, 9.17) is 17.3 Å². The van der Waals surface area contributed by atoms with E-state index in [0.717, 1.165) is 22.1 Å². The Morgan fingerprint density at radius 1 is 1.21 bits per heavy atom. The second-order valence-corrected chi connectivity index (χ2v) is 5.88. The van der Waals surface area contributed by atoms with Crippen molar-refractivity contribution in [3.05, 3.63) is 52.3 Å². The van der Waals surface area contributed by atoms with Crippen LogP contribution in [0.4, 0.5) is 5.69 Å². The third kappa shape index (κ3) is 2.47. The Morgan fingerprint density at radius 3 is 2.84 bits per heavy atom. The Balaban J connectivity index is 1.97. The number of pyridine rings is 1. The lowest BCUT2D eigenvalue weighted by Gasteiger charge is -2.08. The monoisotopic (exact) mass is 290 g/mol. The zero-order chi connectivity index (χ0) is 13.2. The van der Waals surface area contributed by atoms with Gasteiger partial charge in [0.05, 0.1) is 29.1 Å². The summed E-state index contributed by atoms with van der Waals surface area (Å²) in [6, 6.07) is 5.70. The van der Waals surface area contributed by atoms with Crippen LogP contribution in [0.2, 0.25) is 4.34 Å². The number of aromatic nitrogens is 3. The largest absolute Gasteiger partial charge is 0.398 e. The van der Waals surface area contributed by atoms with E-state index in [2.05, 4.69) is 9.97 Å². The second kappa shape index (κ2) is 5.03. The van der Waals surface area contributed by atoms with Crippen molar-refractivity contribution in [3.8, 4) is 11.3 Å². The van der Waals surface area contributed by atoms with Crippen LogP contribution in [0.3, 0.4) is 0 Å². The Labute approximate surface area is 119 Å². The van der Waals surface area contributed by atoms with Gasteiger partial charge in [0.2, 0.25) is 0 Å². The molecule has 0 aromatic carbocycles. The third-order valence-electron chi connectivity index (χ3n) is 2.80. The van der Waals surface area contributed by atoms with Crippen molar-refractivity contribution in [2.75, 3.05) is 5.73 Å². The molecule has 19 heavy (non-hydrogen) atoms. The molecule has 3 heterocycles. The van der Waals surface area contributed by atoms with Crippen LogP contribution in [0.1, 0.15) is 4.88 Å². The molecule has 3 rings (SSSR count). The van der Waals surface area contributed by atoms with Gasteiger partial charge >= 0.3 is 0 Å². The van der Waals surface area contributed by atoms with Crippen molar-refractivity contribution in [2.45, 2.75) is 6.54 Å². The topological polar surface area (TPSA) is 56.7 Å². The fourth-order valence-corrected chi connectivity index (χ4v) is 2.98. The summed E-state index contributed by atoms with van der Waals surface area (Å²) in [4.78, 5) is 9.48. The molecule has 3 aromatic rings. The SMILES string of the molecule is Nc1ccncc1-c1cncn1Cc1ccc(Cl)s1. The number of hydrogen-bond donors (Lipinski definition) is 1. The van der Waals surface area contributed by atoms with E-state index in [1.807, 2.05) is 16.7 Å². The van der Waals surface area contributed by atoms with Gasteiger partial charge in [-0.1, -0.05) is 11.6 Å². The van der Waals surface area contributed by atoms with E-state index in [-0.39, 0.29) is 0 Å². The predicted octanol–water partition coefficient (Wildman–Crippen LogP) is 3.29. The average molecular weight is 291 g/mol. The molecule has 0 atom stereocenters. The molecule has 96 valence electrons. The van der Waals surface area contributed by atoms with Gasteiger partial charge in [-0.15, -0.1) is 11.3 Å². The standard InChI is InChI=1S/C13H11ClN4S/c14-13-2-1-9(19-13)7-18-8-17-6-12(18)10-5-16-4-3-11(10)15/h1-6,8H,7H2,(H2,15,16). The fourth-order valence-electron chi connectivity index (χ4n) is 1.89. The molecule has 0 saturated heterocycles. The molecule has 2 N–H and O–H groups in total. The van der Waals surface area contributed by atoms with Gasteiger partial charge in [-0.2, -0.15) is 0 Å². The minimum atomic E-state index is 0.695. The van der Waals surface area contributed by atoms with E-state index in [0.29, 0.717) is 5.69 Å². The van der Waals surface area contributed by atoms with E-state index < -0.39 is 0 Å². The van der Waals surface area contributed by atoms with Crippen LogP contribution in [0.25, 0.3) is 11.3 Å². The van der Waals surface area contributed by atoms with Gasteiger partial charge in [0, 0.05) is 28.5 Å². The highest BCUT2D eigenvalue weighted by Crippen LogP contribution is 2.27. The van der Waals surface area contributed by atoms with Gasteiger partial charge < -0.3 is 10.3 Å². The first-order valence-electron chi connectivity index (χ1n) is 5.68. The van der Waals surface area contributed by atoms with E-state index in [1.54, 1.807) is 42.3 Å². The highest BCUT2D eigenvalue weighted by atomic mass is 35.5. The minimum Gasteiger partial charge on any atom is -0.398 e. The molecule has 6 heteroatoms. The molecule has 0 spiro atoms. The molecule has 0 aliphatic rings. The summed E-state index contributed by atoms with van der Waals surface area (Å²) in [5.74, 6) is 0. The van der Waals surface area contributed by atoms with Crippen molar-refractivity contribution in [1.29, 1.82) is 0 Å². The van der Waals surface area contributed by atoms with E-state index >= 15 is 0 Å². The third-order valence-corrected chi connectivity index (χ3v) is 4.01. The Kier molecular flexibility index (Phi) is 3.23. The summed E-state index contributed by atoms with van der Waals surface area (Å²) in [6.45, 7) is 0.723. The van der Waals surface area contributed by atoms with Gasteiger partial charge in [-0.05, 0) is 18.2 Å². The highest BCUT2D eigenvalue weighted by Gasteiger charge is 2.09. The molecule has 0 bridgehead atoms. The minimum absolute atomic E-state index is 0.695. The maximum atomic E-state index is 5.98.